The molecule has 0 spiro atoms. The number of ketones is 1. The summed E-state index contributed by atoms with van der Waals surface area (Å²) in [7, 11) is 1.21. The molecule has 5 aromatic rings. The van der Waals surface area contributed by atoms with Crippen LogP contribution >= 0.6 is 11.6 Å². The lowest BCUT2D eigenvalue weighted by Crippen LogP contribution is -2.30. The molecule has 3 N–H and O–H groups in total. The number of nitrogens with zero attached hydrogens (tertiary/aromatic N) is 3. The van der Waals surface area contributed by atoms with Crippen molar-refractivity contribution in [2.75, 3.05) is 13.9 Å². The molecule has 1 atom stereocenters. The number of halogens is 1. The number of rotatable bonds is 8. The summed E-state index contributed by atoms with van der Waals surface area (Å²) in [5.41, 5.74) is 9.76. The third kappa shape index (κ3) is 8.07. The molecular weight excluding hydrogens is 714 g/mol. The highest BCUT2D eigenvalue weighted by Crippen LogP contribution is 2.36. The molecule has 0 fully saturated rings. The van der Waals surface area contributed by atoms with E-state index in [9.17, 15) is 19.2 Å². The molecule has 0 bridgehead atoms. The first-order chi connectivity index (χ1) is 25.8. The van der Waals surface area contributed by atoms with Crippen LogP contribution in [-0.4, -0.2) is 57.7 Å². The predicted octanol–water partition coefficient (Wildman–Crippen LogP) is 6.15. The molecule has 0 saturated carbocycles. The normalized spacial score (nSPS) is 14.2. The first kappa shape index (κ1) is 38.0. The van der Waals surface area contributed by atoms with Gasteiger partial charge in [0.2, 0.25) is 6.79 Å². The van der Waals surface area contributed by atoms with Crippen molar-refractivity contribution in [1.82, 2.24) is 19.9 Å². The average Bonchev–Trinajstić information content (AvgIpc) is 3.90. The van der Waals surface area contributed by atoms with Gasteiger partial charge in [0.25, 0.3) is 5.91 Å². The second-order valence-corrected chi connectivity index (χ2v) is 14.2. The number of Topliss-reactive ketones (excluding diaryl/α,β-unsaturated/α-hetero) is 1. The summed E-state index contributed by atoms with van der Waals surface area (Å²) in [5.74, 6) is -0.398. The fourth-order valence-electron chi connectivity index (χ4n) is 6.32. The summed E-state index contributed by atoms with van der Waals surface area (Å²) in [4.78, 5) is 56.5. The van der Waals surface area contributed by atoms with Crippen LogP contribution in [0.1, 0.15) is 103 Å². The Kier molecular flexibility index (Phi) is 11.0. The monoisotopic (exact) mass is 753 g/mol. The van der Waals surface area contributed by atoms with E-state index >= 15 is 0 Å². The summed E-state index contributed by atoms with van der Waals surface area (Å²) >= 11 is 6.25. The van der Waals surface area contributed by atoms with Crippen LogP contribution in [0.5, 0.6) is 11.5 Å². The summed E-state index contributed by atoms with van der Waals surface area (Å²) in [5, 5.41) is 7.75. The fourth-order valence-corrected chi connectivity index (χ4v) is 6.53. The lowest BCUT2D eigenvalue weighted by atomic mass is 9.97. The Morgan fingerprint density at radius 1 is 1.00 bits per heavy atom. The van der Waals surface area contributed by atoms with Crippen molar-refractivity contribution in [3.8, 4) is 11.5 Å². The van der Waals surface area contributed by atoms with Crippen LogP contribution in [0.25, 0.3) is 5.65 Å². The minimum Gasteiger partial charge on any atom is -0.464 e. The van der Waals surface area contributed by atoms with Gasteiger partial charge < -0.3 is 30.0 Å². The number of nitrogens with two attached hydrogens (primary N) is 1. The van der Waals surface area contributed by atoms with E-state index in [-0.39, 0.29) is 40.8 Å². The van der Waals surface area contributed by atoms with Gasteiger partial charge in [0.1, 0.15) is 11.3 Å². The SMILES string of the molecule is COC(=O)c1cc(C(=O)N[C@H]2CCc3c2ccc(C(=O)OC(C)(C)C)c3C)n2ncc(C(=O)Cc3ccccc3Cl)c2n1.NCc1ccc2c(c1)OCO2. The maximum absolute atomic E-state index is 13.7. The highest BCUT2D eigenvalue weighted by molar-refractivity contribution is 6.31. The number of fused-ring (bicyclic) bond motifs is 3. The Balaban J connectivity index is 0.000000384. The molecule has 0 unspecified atom stereocenters. The summed E-state index contributed by atoms with van der Waals surface area (Å²) in [6, 6.07) is 17.2. The zero-order chi connectivity index (χ0) is 38.7. The van der Waals surface area contributed by atoms with Crippen LogP contribution in [0.15, 0.2) is 66.9 Å². The van der Waals surface area contributed by atoms with Gasteiger partial charge in [0, 0.05) is 24.1 Å². The minimum absolute atomic E-state index is 0.0118. The fraction of sp³-hybridized carbons (Fsp3) is 0.300. The Hall–Kier alpha value is -5.79. The van der Waals surface area contributed by atoms with Crippen molar-refractivity contribution in [3.05, 3.63) is 122 Å². The number of aromatic nitrogens is 3. The third-order valence-corrected chi connectivity index (χ3v) is 9.37. The molecule has 3 heterocycles. The number of carbonyl (C=O) groups excluding carboxylic acids is 4. The predicted molar refractivity (Wildman–Crippen MR) is 199 cm³/mol. The number of esters is 2. The first-order valence-electron chi connectivity index (χ1n) is 17.3. The average molecular weight is 754 g/mol. The molecule has 3 aromatic carbocycles. The van der Waals surface area contributed by atoms with Gasteiger partial charge in [-0.2, -0.15) is 5.10 Å². The number of hydrogen-bond donors (Lipinski definition) is 2. The molecule has 7 rings (SSSR count). The summed E-state index contributed by atoms with van der Waals surface area (Å²) < 4.78 is 22.0. The van der Waals surface area contributed by atoms with E-state index in [1.807, 2.05) is 52.0 Å². The molecule has 14 heteroatoms. The second kappa shape index (κ2) is 15.7. The Bertz CT molecular complexity index is 2280. The number of carbonyl (C=O) groups is 4. The molecule has 2 aromatic heterocycles. The molecule has 1 aliphatic carbocycles. The van der Waals surface area contributed by atoms with Gasteiger partial charge >= 0.3 is 11.9 Å². The molecule has 1 aliphatic heterocycles. The highest BCUT2D eigenvalue weighted by atomic mass is 35.5. The van der Waals surface area contributed by atoms with E-state index in [4.69, 9.17) is 36.3 Å². The van der Waals surface area contributed by atoms with E-state index < -0.39 is 23.4 Å². The number of benzene rings is 3. The van der Waals surface area contributed by atoms with Crippen molar-refractivity contribution < 1.29 is 38.1 Å². The van der Waals surface area contributed by atoms with Gasteiger partial charge in [0.05, 0.1) is 30.5 Å². The minimum atomic E-state index is -0.765. The molecule has 0 radical (unpaired) electrons. The molecular formula is C40H40ClN5O8. The van der Waals surface area contributed by atoms with Crippen molar-refractivity contribution in [3.63, 3.8) is 0 Å². The van der Waals surface area contributed by atoms with Gasteiger partial charge in [-0.3, -0.25) is 9.59 Å². The number of hydrogen-bond acceptors (Lipinski definition) is 11. The van der Waals surface area contributed by atoms with E-state index in [1.165, 1.54) is 23.9 Å². The van der Waals surface area contributed by atoms with Gasteiger partial charge in [-0.1, -0.05) is 41.9 Å². The van der Waals surface area contributed by atoms with Crippen LogP contribution < -0.4 is 20.5 Å². The molecule has 13 nitrogen and oxygen atoms in total. The second-order valence-electron chi connectivity index (χ2n) is 13.8. The Morgan fingerprint density at radius 3 is 2.48 bits per heavy atom. The quantitative estimate of drug-likeness (QED) is 0.137. The van der Waals surface area contributed by atoms with Crippen LogP contribution in [0.4, 0.5) is 0 Å². The van der Waals surface area contributed by atoms with Crippen molar-refractivity contribution in [2.45, 2.75) is 65.1 Å². The third-order valence-electron chi connectivity index (χ3n) is 9.00. The lowest BCUT2D eigenvalue weighted by molar-refractivity contribution is 0.00681. The maximum Gasteiger partial charge on any atom is 0.356 e. The van der Waals surface area contributed by atoms with E-state index in [1.54, 1.807) is 30.3 Å². The molecule has 1 amide bonds. The molecule has 0 saturated heterocycles. The number of amides is 1. The van der Waals surface area contributed by atoms with Gasteiger partial charge in [-0.05, 0) is 92.6 Å². The Labute approximate surface area is 316 Å². The van der Waals surface area contributed by atoms with Crippen molar-refractivity contribution >= 4 is 40.9 Å². The number of ether oxygens (including phenoxy) is 4. The van der Waals surface area contributed by atoms with Crippen LogP contribution in [0.3, 0.4) is 0 Å². The maximum atomic E-state index is 13.7. The van der Waals surface area contributed by atoms with Gasteiger partial charge in [0.15, 0.2) is 28.6 Å². The summed E-state index contributed by atoms with van der Waals surface area (Å²) in [6.07, 6.45) is 2.57. The van der Waals surface area contributed by atoms with E-state index in [0.717, 1.165) is 33.8 Å². The van der Waals surface area contributed by atoms with Crippen molar-refractivity contribution in [1.29, 1.82) is 0 Å². The van der Waals surface area contributed by atoms with Crippen LogP contribution in [-0.2, 0) is 28.9 Å². The number of nitrogens with one attached hydrogen (secondary N) is 1. The molecule has 2 aliphatic rings. The largest absolute Gasteiger partial charge is 0.464 e. The lowest BCUT2D eigenvalue weighted by Gasteiger charge is -2.21. The highest BCUT2D eigenvalue weighted by Gasteiger charge is 2.31. The zero-order valence-corrected chi connectivity index (χ0v) is 31.3. The topological polar surface area (TPSA) is 173 Å². The van der Waals surface area contributed by atoms with E-state index in [2.05, 4.69) is 15.4 Å². The van der Waals surface area contributed by atoms with Gasteiger partial charge in [-0.15, -0.1) is 0 Å². The van der Waals surface area contributed by atoms with Gasteiger partial charge in [-0.25, -0.2) is 19.1 Å². The smallest absolute Gasteiger partial charge is 0.356 e. The van der Waals surface area contributed by atoms with Crippen LogP contribution in [0.2, 0.25) is 5.02 Å². The van der Waals surface area contributed by atoms with Crippen molar-refractivity contribution in [2.24, 2.45) is 5.73 Å². The standard InChI is InChI=1S/C32H31ClN4O6.C8H9NO2/c1-17-19-12-13-24(21(19)11-10-20(17)30(40)43-32(2,3)4)36-29(39)26-15-25(31(41)42-5)35-28-22(16-34-37(26)28)27(38)14-18-8-6-7-9-23(18)33;9-4-6-1-2-7-8(3-6)11-5-10-7/h6-11,15-16,24H,12-14H2,1-5H3,(H,36,39);1-3H,4-5,9H2/t24-;/m0./s1. The molecule has 280 valence electrons. The number of methoxy groups -OCH3 is 1. The molecule has 54 heavy (non-hydrogen) atoms. The zero-order valence-electron chi connectivity index (χ0n) is 30.5. The first-order valence-corrected chi connectivity index (χ1v) is 17.6. The Morgan fingerprint density at radius 2 is 1.76 bits per heavy atom. The van der Waals surface area contributed by atoms with E-state index in [0.29, 0.717) is 42.3 Å². The summed E-state index contributed by atoms with van der Waals surface area (Å²) in [6.45, 7) is 8.19. The van der Waals surface area contributed by atoms with Crippen LogP contribution in [0, 0.1) is 6.92 Å².